The van der Waals surface area contributed by atoms with E-state index in [1.807, 2.05) is 30.1 Å². The lowest BCUT2D eigenvalue weighted by Crippen LogP contribution is -2.21. The number of anilines is 2. The van der Waals surface area contributed by atoms with E-state index in [2.05, 4.69) is 57.5 Å². The highest BCUT2D eigenvalue weighted by molar-refractivity contribution is 6.34. The van der Waals surface area contributed by atoms with Crippen molar-refractivity contribution in [1.29, 1.82) is 0 Å². The van der Waals surface area contributed by atoms with Crippen LogP contribution in [0.4, 0.5) is 11.6 Å². The van der Waals surface area contributed by atoms with E-state index in [-0.39, 0.29) is 5.56 Å². The molecule has 0 amide bonds. The first-order valence-electron chi connectivity index (χ1n) is 11.2. The third-order valence-electron chi connectivity index (χ3n) is 5.94. The van der Waals surface area contributed by atoms with Gasteiger partial charge in [-0.05, 0) is 42.7 Å². The van der Waals surface area contributed by atoms with Crippen LogP contribution in [0.5, 0.6) is 0 Å². The number of nitrogens with one attached hydrogen (secondary N) is 1. The molecule has 5 rings (SSSR count). The van der Waals surface area contributed by atoms with E-state index in [1.54, 1.807) is 28.8 Å². The lowest BCUT2D eigenvalue weighted by Gasteiger charge is -2.17. The number of rotatable bonds is 6. The minimum atomic E-state index is -0.338. The van der Waals surface area contributed by atoms with Gasteiger partial charge in [-0.1, -0.05) is 29.8 Å². The van der Waals surface area contributed by atoms with Crippen LogP contribution < -0.4 is 10.9 Å². The fourth-order valence-corrected chi connectivity index (χ4v) is 4.20. The molecular formula is C25H25ClN8O. The Morgan fingerprint density at radius 1 is 1.00 bits per heavy atom. The monoisotopic (exact) mass is 488 g/mol. The summed E-state index contributed by atoms with van der Waals surface area (Å²) in [4.78, 5) is 21.6. The van der Waals surface area contributed by atoms with Crippen molar-refractivity contribution in [2.75, 3.05) is 5.32 Å². The molecule has 0 unspecified atom stereocenters. The molecule has 3 heterocycles. The third-order valence-corrected chi connectivity index (χ3v) is 6.25. The number of nitrogens with zero attached hydrogens (tertiary/aromatic N) is 7. The molecule has 0 atom stereocenters. The van der Waals surface area contributed by atoms with Gasteiger partial charge in [-0.3, -0.25) is 14.2 Å². The predicted molar refractivity (Wildman–Crippen MR) is 136 cm³/mol. The maximum atomic E-state index is 13.0. The lowest BCUT2D eigenvalue weighted by atomic mass is 10.1. The molecule has 5 aromatic rings. The molecule has 0 saturated heterocycles. The molecule has 0 fully saturated rings. The second-order valence-corrected chi connectivity index (χ2v) is 9.18. The van der Waals surface area contributed by atoms with Gasteiger partial charge in [-0.2, -0.15) is 15.2 Å². The Kier molecular flexibility index (Phi) is 5.86. The molecular weight excluding hydrogens is 464 g/mol. The van der Waals surface area contributed by atoms with Gasteiger partial charge in [0.2, 0.25) is 5.95 Å². The van der Waals surface area contributed by atoms with E-state index in [4.69, 9.17) is 11.6 Å². The summed E-state index contributed by atoms with van der Waals surface area (Å²) < 4.78 is 5.27. The number of benzene rings is 2. The molecule has 0 radical (unpaired) electrons. The largest absolute Gasteiger partial charge is 0.324 e. The average Bonchev–Trinajstić information content (AvgIpc) is 3.37. The fraction of sp³-hybridized carbons (Fsp3) is 0.240. The Hall–Kier alpha value is -3.98. The maximum absolute atomic E-state index is 13.0. The van der Waals surface area contributed by atoms with Crippen molar-refractivity contribution in [1.82, 2.24) is 34.1 Å². The summed E-state index contributed by atoms with van der Waals surface area (Å²) in [5.74, 6) is 0.964. The van der Waals surface area contributed by atoms with Gasteiger partial charge in [0.15, 0.2) is 5.82 Å². The van der Waals surface area contributed by atoms with Crippen molar-refractivity contribution in [3.8, 4) is 0 Å². The van der Waals surface area contributed by atoms with E-state index in [1.165, 1.54) is 11.1 Å². The van der Waals surface area contributed by atoms with Crippen LogP contribution in [0.2, 0.25) is 5.02 Å². The fourth-order valence-electron chi connectivity index (χ4n) is 4.00. The molecule has 2 aromatic carbocycles. The smallest absolute Gasteiger partial charge is 0.278 e. The molecule has 0 saturated carbocycles. The van der Waals surface area contributed by atoms with Crippen LogP contribution in [0.15, 0.2) is 53.8 Å². The minimum absolute atomic E-state index is 0.294. The molecule has 3 aromatic heterocycles. The molecule has 9 nitrogen and oxygen atoms in total. The zero-order valence-corrected chi connectivity index (χ0v) is 20.7. The van der Waals surface area contributed by atoms with E-state index in [9.17, 15) is 4.79 Å². The number of halogens is 1. The van der Waals surface area contributed by atoms with Gasteiger partial charge in [0.05, 0.1) is 22.8 Å². The van der Waals surface area contributed by atoms with Crippen molar-refractivity contribution < 1.29 is 0 Å². The van der Waals surface area contributed by atoms with Crippen molar-refractivity contribution in [3.05, 3.63) is 92.5 Å². The van der Waals surface area contributed by atoms with Crippen molar-refractivity contribution in [2.24, 2.45) is 14.1 Å². The first-order chi connectivity index (χ1) is 16.7. The molecule has 35 heavy (non-hydrogen) atoms. The number of hydrogen-bond acceptors (Lipinski definition) is 6. The third kappa shape index (κ3) is 4.81. The van der Waals surface area contributed by atoms with Gasteiger partial charge < -0.3 is 9.88 Å². The number of hydrogen-bond donors (Lipinski definition) is 1. The van der Waals surface area contributed by atoms with Crippen LogP contribution in [-0.2, 0) is 27.1 Å². The lowest BCUT2D eigenvalue weighted by molar-refractivity contribution is 0.737. The topological polar surface area (TPSA) is 95.5 Å². The highest BCUT2D eigenvalue weighted by Crippen LogP contribution is 2.29. The Morgan fingerprint density at radius 3 is 2.57 bits per heavy atom. The second-order valence-electron chi connectivity index (χ2n) is 8.77. The van der Waals surface area contributed by atoms with Gasteiger partial charge in [0.25, 0.3) is 5.56 Å². The highest BCUT2D eigenvalue weighted by Gasteiger charge is 2.14. The van der Waals surface area contributed by atoms with Crippen LogP contribution in [0.25, 0.3) is 10.9 Å². The Bertz CT molecular complexity index is 1610. The van der Waals surface area contributed by atoms with Gasteiger partial charge in [-0.15, -0.1) is 0 Å². The summed E-state index contributed by atoms with van der Waals surface area (Å²) in [6, 6.07) is 10.0. The zero-order valence-electron chi connectivity index (χ0n) is 19.9. The highest BCUT2D eigenvalue weighted by atomic mass is 35.5. The Labute approximate surface area is 207 Å². The van der Waals surface area contributed by atoms with Crippen LogP contribution >= 0.6 is 11.6 Å². The molecule has 0 spiro atoms. The van der Waals surface area contributed by atoms with E-state index in [0.717, 1.165) is 16.5 Å². The van der Waals surface area contributed by atoms with Gasteiger partial charge in [0.1, 0.15) is 6.33 Å². The van der Waals surface area contributed by atoms with Crippen molar-refractivity contribution in [3.63, 3.8) is 0 Å². The zero-order chi connectivity index (χ0) is 24.7. The van der Waals surface area contributed by atoms with Crippen LogP contribution in [0.3, 0.4) is 0 Å². The molecule has 0 bridgehead atoms. The second kappa shape index (κ2) is 8.99. The van der Waals surface area contributed by atoms with E-state index >= 15 is 0 Å². The van der Waals surface area contributed by atoms with Gasteiger partial charge in [0, 0.05) is 43.9 Å². The Morgan fingerprint density at radius 2 is 1.83 bits per heavy atom. The molecule has 0 aliphatic rings. The maximum Gasteiger partial charge on any atom is 0.278 e. The van der Waals surface area contributed by atoms with Gasteiger partial charge in [-0.25, -0.2) is 4.98 Å². The number of aromatic nitrogens is 7. The first-order valence-corrected chi connectivity index (χ1v) is 11.5. The number of aryl methyl sites for hydroxylation is 4. The van der Waals surface area contributed by atoms with Gasteiger partial charge >= 0.3 is 0 Å². The van der Waals surface area contributed by atoms with Crippen molar-refractivity contribution >= 4 is 34.1 Å². The Balaban J connectivity index is 1.56. The quantitative estimate of drug-likeness (QED) is 0.389. The summed E-state index contributed by atoms with van der Waals surface area (Å²) in [5, 5.41) is 13.4. The summed E-state index contributed by atoms with van der Waals surface area (Å²) in [5.41, 5.74) is 5.14. The SMILES string of the molecule is Cc1ccc(Cn2cc(Cc3ncn(C)n3)c(=O)nc2Nc2cc3cn(C)nc3cc2Cl)cc1C. The molecule has 1 N–H and O–H groups in total. The molecule has 0 aliphatic heterocycles. The summed E-state index contributed by atoms with van der Waals surface area (Å²) in [6.45, 7) is 4.69. The first kappa shape index (κ1) is 22.8. The minimum Gasteiger partial charge on any atom is -0.324 e. The van der Waals surface area contributed by atoms with Crippen molar-refractivity contribution in [2.45, 2.75) is 26.8 Å². The van der Waals surface area contributed by atoms with Crippen LogP contribution in [-0.4, -0.2) is 34.1 Å². The standard InChI is InChI=1S/C25H25ClN8O/c1-15-5-6-17(7-16(15)2)11-34-13-19(9-23-27-14-33(4)31-23)24(35)29-25(34)28-22-8-18-12-32(3)30-21(18)10-20(22)26/h5-8,10,12-14H,9,11H2,1-4H3,(H,28,29,35). The summed E-state index contributed by atoms with van der Waals surface area (Å²) >= 11 is 6.55. The predicted octanol–water partition coefficient (Wildman–Crippen LogP) is 3.91. The molecule has 10 heteroatoms. The summed E-state index contributed by atoms with van der Waals surface area (Å²) in [6.07, 6.45) is 5.64. The summed E-state index contributed by atoms with van der Waals surface area (Å²) in [7, 11) is 3.65. The number of fused-ring (bicyclic) bond motifs is 1. The molecule has 0 aliphatic carbocycles. The average molecular weight is 489 g/mol. The van der Waals surface area contributed by atoms with E-state index < -0.39 is 0 Å². The van der Waals surface area contributed by atoms with E-state index in [0.29, 0.717) is 41.0 Å². The normalized spacial score (nSPS) is 11.3. The van der Waals surface area contributed by atoms with Crippen LogP contribution in [0, 0.1) is 13.8 Å². The van der Waals surface area contributed by atoms with Crippen LogP contribution in [0.1, 0.15) is 28.1 Å². The molecule has 178 valence electrons.